The Hall–Kier alpha value is -1.45. The second-order valence-corrected chi connectivity index (χ2v) is 8.20. The van der Waals surface area contributed by atoms with Gasteiger partial charge in [-0.3, -0.25) is 10.0 Å². The summed E-state index contributed by atoms with van der Waals surface area (Å²) in [6.45, 7) is 1.31. The molecule has 1 aromatic heterocycles. The molecule has 1 amide bonds. The Kier molecular flexibility index (Phi) is 5.77. The van der Waals surface area contributed by atoms with Crippen LogP contribution in [0.1, 0.15) is 12.5 Å². The molecule has 0 aliphatic heterocycles. The van der Waals surface area contributed by atoms with Crippen molar-refractivity contribution >= 4 is 38.9 Å². The van der Waals surface area contributed by atoms with Crippen molar-refractivity contribution in [3.05, 3.63) is 52.4 Å². The number of amides is 1. The van der Waals surface area contributed by atoms with Gasteiger partial charge in [-0.25, -0.2) is 13.9 Å². The number of nitrogens with one attached hydrogen (secondary N) is 1. The second-order valence-electron chi connectivity index (χ2n) is 4.73. The lowest BCUT2D eigenvalue weighted by atomic mass is 10.2. The molecule has 2 N–H and O–H groups in total. The smallest absolute Gasteiger partial charge is 0.261 e. The minimum Gasteiger partial charge on any atom is -0.289 e. The Morgan fingerprint density at radius 1 is 1.35 bits per heavy atom. The number of benzene rings is 1. The van der Waals surface area contributed by atoms with Gasteiger partial charge in [-0.1, -0.05) is 35.9 Å². The molecular weight excluding hydrogens is 360 g/mol. The van der Waals surface area contributed by atoms with Gasteiger partial charge in [0.05, 0.1) is 0 Å². The summed E-state index contributed by atoms with van der Waals surface area (Å²) in [5, 5.41) is 10.9. The van der Waals surface area contributed by atoms with Crippen molar-refractivity contribution in [1.29, 1.82) is 0 Å². The summed E-state index contributed by atoms with van der Waals surface area (Å²) in [4.78, 5) is 11.7. The van der Waals surface area contributed by atoms with E-state index in [1.54, 1.807) is 35.7 Å². The minimum atomic E-state index is -3.91. The zero-order chi connectivity index (χ0) is 17.0. The van der Waals surface area contributed by atoms with Crippen molar-refractivity contribution in [2.75, 3.05) is 0 Å². The number of hydrogen-bond acceptors (Lipinski definition) is 5. The van der Waals surface area contributed by atoms with Crippen molar-refractivity contribution in [3.63, 3.8) is 0 Å². The fourth-order valence-corrected chi connectivity index (χ4v) is 4.86. The summed E-state index contributed by atoms with van der Waals surface area (Å²) in [7, 11) is -3.91. The molecular formula is C14H15ClN2O4S2. The molecule has 0 spiro atoms. The largest absolute Gasteiger partial charge is 0.289 e. The SMILES string of the molecule is CC(C(=O)NO)N(Cc1ccccc1Cl)S(=O)(=O)c1cccs1. The van der Waals surface area contributed by atoms with Crippen LogP contribution in [-0.4, -0.2) is 29.9 Å². The first-order valence-electron chi connectivity index (χ1n) is 6.60. The van der Waals surface area contributed by atoms with Gasteiger partial charge in [-0.15, -0.1) is 11.3 Å². The van der Waals surface area contributed by atoms with E-state index in [4.69, 9.17) is 16.8 Å². The van der Waals surface area contributed by atoms with Crippen molar-refractivity contribution in [1.82, 2.24) is 9.79 Å². The molecule has 0 saturated heterocycles. The molecule has 0 radical (unpaired) electrons. The molecule has 0 bridgehead atoms. The number of sulfonamides is 1. The molecule has 2 rings (SSSR count). The zero-order valence-electron chi connectivity index (χ0n) is 12.1. The molecule has 1 unspecified atom stereocenters. The van der Waals surface area contributed by atoms with Crippen LogP contribution < -0.4 is 5.48 Å². The monoisotopic (exact) mass is 374 g/mol. The number of thiophene rings is 1. The number of carbonyl (C=O) groups is 1. The third-order valence-corrected chi connectivity index (χ3v) is 6.92. The highest BCUT2D eigenvalue weighted by molar-refractivity contribution is 7.91. The van der Waals surface area contributed by atoms with Crippen LogP contribution in [-0.2, 0) is 21.4 Å². The van der Waals surface area contributed by atoms with E-state index in [0.29, 0.717) is 10.6 Å². The maximum absolute atomic E-state index is 12.8. The van der Waals surface area contributed by atoms with Gasteiger partial charge in [-0.05, 0) is 30.0 Å². The third-order valence-electron chi connectivity index (χ3n) is 3.26. The first kappa shape index (κ1) is 17.9. The maximum atomic E-state index is 12.8. The van der Waals surface area contributed by atoms with Crippen molar-refractivity contribution in [2.24, 2.45) is 0 Å². The van der Waals surface area contributed by atoms with Gasteiger partial charge in [0.2, 0.25) is 0 Å². The van der Waals surface area contributed by atoms with E-state index >= 15 is 0 Å². The van der Waals surface area contributed by atoms with Gasteiger partial charge in [0.1, 0.15) is 10.3 Å². The predicted molar refractivity (Wildman–Crippen MR) is 87.9 cm³/mol. The number of carbonyl (C=O) groups excluding carboxylic acids is 1. The van der Waals surface area contributed by atoms with Gasteiger partial charge < -0.3 is 0 Å². The highest BCUT2D eigenvalue weighted by Gasteiger charge is 2.34. The summed E-state index contributed by atoms with van der Waals surface area (Å²) in [6.07, 6.45) is 0. The summed E-state index contributed by atoms with van der Waals surface area (Å²) in [5.41, 5.74) is 2.05. The lowest BCUT2D eigenvalue weighted by Gasteiger charge is -2.26. The maximum Gasteiger partial charge on any atom is 0.261 e. The zero-order valence-corrected chi connectivity index (χ0v) is 14.5. The van der Waals surface area contributed by atoms with Crippen LogP contribution in [0.5, 0.6) is 0 Å². The van der Waals surface area contributed by atoms with Crippen LogP contribution in [0.3, 0.4) is 0 Å². The highest BCUT2D eigenvalue weighted by Crippen LogP contribution is 2.26. The van der Waals surface area contributed by atoms with Gasteiger partial charge in [0, 0.05) is 11.6 Å². The first-order chi connectivity index (χ1) is 10.9. The van der Waals surface area contributed by atoms with Gasteiger partial charge in [0.25, 0.3) is 15.9 Å². The van der Waals surface area contributed by atoms with Crippen LogP contribution in [0.2, 0.25) is 5.02 Å². The number of rotatable bonds is 6. The molecule has 0 aliphatic rings. The fourth-order valence-electron chi connectivity index (χ4n) is 1.97. The topological polar surface area (TPSA) is 86.7 Å². The van der Waals surface area contributed by atoms with Gasteiger partial charge >= 0.3 is 0 Å². The van der Waals surface area contributed by atoms with Crippen molar-refractivity contribution in [2.45, 2.75) is 23.7 Å². The minimum absolute atomic E-state index is 0.0888. The number of hydroxylamine groups is 1. The van der Waals surface area contributed by atoms with E-state index in [2.05, 4.69) is 0 Å². The highest BCUT2D eigenvalue weighted by atomic mass is 35.5. The molecule has 1 atom stereocenters. The van der Waals surface area contributed by atoms with E-state index in [0.717, 1.165) is 15.6 Å². The van der Waals surface area contributed by atoms with Crippen molar-refractivity contribution < 1.29 is 18.4 Å². The lowest BCUT2D eigenvalue weighted by Crippen LogP contribution is -2.46. The van der Waals surface area contributed by atoms with Crippen LogP contribution >= 0.6 is 22.9 Å². The predicted octanol–water partition coefficient (Wildman–Crippen LogP) is 2.49. The van der Waals surface area contributed by atoms with Crippen LogP contribution in [0.25, 0.3) is 0 Å². The molecule has 9 heteroatoms. The average Bonchev–Trinajstić information content (AvgIpc) is 3.07. The normalized spacial score (nSPS) is 13.0. The molecule has 6 nitrogen and oxygen atoms in total. The summed E-state index contributed by atoms with van der Waals surface area (Å²) < 4.78 is 26.7. The van der Waals surface area contributed by atoms with Crippen LogP contribution in [0.4, 0.5) is 0 Å². The van der Waals surface area contributed by atoms with Crippen LogP contribution in [0, 0.1) is 0 Å². The van der Waals surface area contributed by atoms with Gasteiger partial charge in [-0.2, -0.15) is 4.31 Å². The van der Waals surface area contributed by atoms with Crippen LogP contribution in [0.15, 0.2) is 46.0 Å². The van der Waals surface area contributed by atoms with Crippen molar-refractivity contribution in [3.8, 4) is 0 Å². The Morgan fingerprint density at radius 3 is 2.61 bits per heavy atom. The average molecular weight is 375 g/mol. The molecule has 2 aromatic rings. The molecule has 23 heavy (non-hydrogen) atoms. The van der Waals surface area contributed by atoms with E-state index in [1.807, 2.05) is 0 Å². The molecule has 124 valence electrons. The standard InChI is InChI=1S/C14H15ClN2O4S2/c1-10(14(18)16-19)17(9-11-5-2-3-6-12(11)15)23(20,21)13-7-4-8-22-13/h2-8,10,19H,9H2,1H3,(H,16,18). The third kappa shape index (κ3) is 3.91. The number of nitrogens with zero attached hydrogens (tertiary/aromatic N) is 1. The van der Waals surface area contributed by atoms with Gasteiger partial charge in [0.15, 0.2) is 0 Å². The molecule has 0 saturated carbocycles. The van der Waals surface area contributed by atoms with E-state index in [9.17, 15) is 13.2 Å². The lowest BCUT2D eigenvalue weighted by molar-refractivity contribution is -0.132. The summed E-state index contributed by atoms with van der Waals surface area (Å²) in [5.74, 6) is -0.822. The first-order valence-corrected chi connectivity index (χ1v) is 9.30. The molecule has 0 fully saturated rings. The Labute approximate surface area is 143 Å². The molecule has 0 aliphatic carbocycles. The molecule has 1 heterocycles. The summed E-state index contributed by atoms with van der Waals surface area (Å²) in [6, 6.07) is 8.75. The number of hydrogen-bond donors (Lipinski definition) is 2. The second kappa shape index (κ2) is 7.41. The summed E-state index contributed by atoms with van der Waals surface area (Å²) >= 11 is 7.15. The Balaban J connectivity index is 2.44. The van der Waals surface area contributed by atoms with E-state index in [1.165, 1.54) is 18.5 Å². The van der Waals surface area contributed by atoms with E-state index < -0.39 is 22.0 Å². The fraction of sp³-hybridized carbons (Fsp3) is 0.214. The van der Waals surface area contributed by atoms with E-state index in [-0.39, 0.29) is 10.8 Å². The Bertz CT molecular complexity index is 778. The quantitative estimate of drug-likeness (QED) is 0.600. The number of halogens is 1. The molecule has 1 aromatic carbocycles. The Morgan fingerprint density at radius 2 is 2.04 bits per heavy atom.